The Labute approximate surface area is 182 Å². The van der Waals surface area contributed by atoms with Gasteiger partial charge >= 0.3 is 0 Å². The minimum Gasteiger partial charge on any atom is -0.324 e. The summed E-state index contributed by atoms with van der Waals surface area (Å²) in [6, 6.07) is 13.8. The quantitative estimate of drug-likeness (QED) is 0.598. The van der Waals surface area contributed by atoms with Crippen LogP contribution in [0.25, 0.3) is 22.4 Å². The normalized spacial score (nSPS) is 20.6. The number of nitrogens with zero attached hydrogens (tertiary/aromatic N) is 3. The van der Waals surface area contributed by atoms with Gasteiger partial charge in [-0.2, -0.15) is 0 Å². The summed E-state index contributed by atoms with van der Waals surface area (Å²) in [5.74, 6) is 0.472. The van der Waals surface area contributed by atoms with Crippen LogP contribution in [0.2, 0.25) is 0 Å². The van der Waals surface area contributed by atoms with E-state index in [0.29, 0.717) is 24.2 Å². The Balaban J connectivity index is 1.39. The van der Waals surface area contributed by atoms with Gasteiger partial charge in [0.15, 0.2) is 0 Å². The van der Waals surface area contributed by atoms with Crippen molar-refractivity contribution in [2.75, 3.05) is 26.2 Å². The molecule has 0 saturated carbocycles. The van der Waals surface area contributed by atoms with Gasteiger partial charge in [0.1, 0.15) is 17.8 Å². The third kappa shape index (κ3) is 4.37. The number of hydrogen-bond acceptors (Lipinski definition) is 3. The van der Waals surface area contributed by atoms with Crippen LogP contribution in [0.3, 0.4) is 0 Å². The molecule has 0 aliphatic carbocycles. The summed E-state index contributed by atoms with van der Waals surface area (Å²) in [4.78, 5) is 7.12. The Hall–Kier alpha value is -2.31. The number of benzene rings is 2. The number of halogens is 2. The predicted molar refractivity (Wildman–Crippen MR) is 120 cm³/mol. The van der Waals surface area contributed by atoms with E-state index in [1.165, 1.54) is 0 Å². The van der Waals surface area contributed by atoms with Crippen LogP contribution in [0, 0.1) is 5.82 Å². The molecule has 3 aromatic rings. The molecule has 0 amide bonds. The SMILES string of the molecule is Fc1cc([C@H]2CCCN2)ccc1-c1nc2ccccc2n1CCCN1CCC(F)CC1. The number of rotatable bonds is 6. The van der Waals surface area contributed by atoms with Gasteiger partial charge in [0.2, 0.25) is 0 Å². The summed E-state index contributed by atoms with van der Waals surface area (Å²) >= 11 is 0. The van der Waals surface area contributed by atoms with E-state index in [1.807, 2.05) is 30.3 Å². The van der Waals surface area contributed by atoms with Gasteiger partial charge < -0.3 is 14.8 Å². The first kappa shape index (κ1) is 20.6. The molecule has 0 spiro atoms. The molecule has 5 rings (SSSR count). The maximum atomic E-state index is 15.2. The Morgan fingerprint density at radius 2 is 1.87 bits per heavy atom. The van der Waals surface area contributed by atoms with Crippen molar-refractivity contribution >= 4 is 11.0 Å². The van der Waals surface area contributed by atoms with E-state index in [1.54, 1.807) is 6.07 Å². The molecule has 1 N–H and O–H groups in total. The Morgan fingerprint density at radius 3 is 2.65 bits per heavy atom. The molecular weight excluding hydrogens is 394 g/mol. The molecule has 6 heteroatoms. The van der Waals surface area contributed by atoms with E-state index >= 15 is 4.39 Å². The van der Waals surface area contributed by atoms with Crippen molar-refractivity contribution in [3.63, 3.8) is 0 Å². The molecule has 0 radical (unpaired) electrons. The van der Waals surface area contributed by atoms with Gasteiger partial charge in [0.05, 0.1) is 16.6 Å². The molecular formula is C25H30F2N4. The zero-order valence-electron chi connectivity index (χ0n) is 17.9. The number of imidazole rings is 1. The van der Waals surface area contributed by atoms with Crippen LogP contribution >= 0.6 is 0 Å². The first-order valence-electron chi connectivity index (χ1n) is 11.5. The number of nitrogens with one attached hydrogen (secondary N) is 1. The largest absolute Gasteiger partial charge is 0.324 e. The Morgan fingerprint density at radius 1 is 1.03 bits per heavy atom. The maximum absolute atomic E-state index is 15.2. The molecule has 31 heavy (non-hydrogen) atoms. The fourth-order valence-corrected chi connectivity index (χ4v) is 4.98. The average molecular weight is 425 g/mol. The third-order valence-electron chi connectivity index (χ3n) is 6.72. The third-order valence-corrected chi connectivity index (χ3v) is 6.72. The highest BCUT2D eigenvalue weighted by Gasteiger charge is 2.21. The lowest BCUT2D eigenvalue weighted by Crippen LogP contribution is -2.35. The lowest BCUT2D eigenvalue weighted by Gasteiger charge is -2.28. The second-order valence-corrected chi connectivity index (χ2v) is 8.83. The van der Waals surface area contributed by atoms with E-state index in [0.717, 1.165) is 68.6 Å². The Bertz CT molecular complexity index is 1030. The molecule has 1 atom stereocenters. The van der Waals surface area contributed by atoms with Crippen molar-refractivity contribution in [2.45, 2.75) is 50.9 Å². The molecule has 2 aliphatic rings. The van der Waals surface area contributed by atoms with Gasteiger partial charge in [0, 0.05) is 25.7 Å². The number of likely N-dealkylation sites (tertiary alicyclic amines) is 1. The summed E-state index contributed by atoms with van der Waals surface area (Å²) in [5, 5.41) is 3.44. The number of fused-ring (bicyclic) bond motifs is 1. The molecule has 2 fully saturated rings. The van der Waals surface area contributed by atoms with Crippen LogP contribution in [0.4, 0.5) is 8.78 Å². The topological polar surface area (TPSA) is 33.1 Å². The minimum atomic E-state index is -0.647. The molecule has 2 saturated heterocycles. The average Bonchev–Trinajstić information content (AvgIpc) is 3.44. The molecule has 0 unspecified atom stereocenters. The predicted octanol–water partition coefficient (Wildman–Crippen LogP) is 5.09. The molecule has 2 aliphatic heterocycles. The lowest BCUT2D eigenvalue weighted by atomic mass is 10.0. The summed E-state index contributed by atoms with van der Waals surface area (Å²) in [5.41, 5.74) is 3.48. The monoisotopic (exact) mass is 424 g/mol. The van der Waals surface area contributed by atoms with Gasteiger partial charge in [-0.1, -0.05) is 18.2 Å². The lowest BCUT2D eigenvalue weighted by molar-refractivity contribution is 0.148. The van der Waals surface area contributed by atoms with Crippen LogP contribution in [0.1, 0.15) is 43.7 Å². The van der Waals surface area contributed by atoms with E-state index in [9.17, 15) is 4.39 Å². The fourth-order valence-electron chi connectivity index (χ4n) is 4.98. The zero-order valence-corrected chi connectivity index (χ0v) is 17.9. The van der Waals surface area contributed by atoms with Crippen molar-refractivity contribution in [1.82, 2.24) is 19.8 Å². The van der Waals surface area contributed by atoms with Gasteiger partial charge in [-0.05, 0) is 75.0 Å². The molecule has 1 aromatic heterocycles. The van der Waals surface area contributed by atoms with E-state index in [4.69, 9.17) is 4.98 Å². The molecule has 3 heterocycles. The van der Waals surface area contributed by atoms with Gasteiger partial charge in [-0.3, -0.25) is 0 Å². The summed E-state index contributed by atoms with van der Waals surface area (Å²) in [7, 11) is 0. The number of piperidine rings is 1. The van der Waals surface area contributed by atoms with Crippen molar-refractivity contribution < 1.29 is 8.78 Å². The van der Waals surface area contributed by atoms with E-state index in [-0.39, 0.29) is 11.9 Å². The molecule has 0 bridgehead atoms. The number of alkyl halides is 1. The highest BCUT2D eigenvalue weighted by molar-refractivity contribution is 5.80. The molecule has 4 nitrogen and oxygen atoms in total. The van der Waals surface area contributed by atoms with Crippen LogP contribution in [-0.2, 0) is 6.54 Å². The van der Waals surface area contributed by atoms with E-state index < -0.39 is 6.17 Å². The molecule has 164 valence electrons. The minimum absolute atomic E-state index is 0.215. The molecule has 2 aromatic carbocycles. The zero-order chi connectivity index (χ0) is 21.2. The van der Waals surface area contributed by atoms with Gasteiger partial charge in [-0.15, -0.1) is 0 Å². The van der Waals surface area contributed by atoms with Crippen molar-refractivity contribution in [1.29, 1.82) is 0 Å². The van der Waals surface area contributed by atoms with Crippen molar-refractivity contribution in [2.24, 2.45) is 0 Å². The van der Waals surface area contributed by atoms with Crippen LogP contribution in [0.5, 0.6) is 0 Å². The van der Waals surface area contributed by atoms with Gasteiger partial charge in [0.25, 0.3) is 0 Å². The highest BCUT2D eigenvalue weighted by atomic mass is 19.1. The fraction of sp³-hybridized carbons (Fsp3) is 0.480. The van der Waals surface area contributed by atoms with Crippen molar-refractivity contribution in [3.05, 3.63) is 53.8 Å². The smallest absolute Gasteiger partial charge is 0.144 e. The standard InChI is InChI=1S/C25H30F2N4/c26-19-10-15-30(16-11-19)13-4-14-31-24-7-2-1-5-23(24)29-25(31)20-9-8-18(17-21(20)27)22-6-3-12-28-22/h1-2,5,7-9,17,19,22,28H,3-4,6,10-16H2/t22-/m1/s1. The van der Waals surface area contributed by atoms with Crippen LogP contribution in [-0.4, -0.2) is 46.8 Å². The second kappa shape index (κ2) is 9.05. The second-order valence-electron chi connectivity index (χ2n) is 8.83. The summed E-state index contributed by atoms with van der Waals surface area (Å²) in [6.07, 6.45) is 3.73. The summed E-state index contributed by atoms with van der Waals surface area (Å²) < 4.78 is 30.8. The first-order valence-corrected chi connectivity index (χ1v) is 11.5. The van der Waals surface area contributed by atoms with Gasteiger partial charge in [-0.25, -0.2) is 13.8 Å². The number of para-hydroxylation sites is 2. The highest BCUT2D eigenvalue weighted by Crippen LogP contribution is 2.31. The first-order chi connectivity index (χ1) is 15.2. The van der Waals surface area contributed by atoms with Crippen LogP contribution < -0.4 is 5.32 Å². The van der Waals surface area contributed by atoms with E-state index in [2.05, 4.69) is 20.9 Å². The van der Waals surface area contributed by atoms with Crippen molar-refractivity contribution in [3.8, 4) is 11.4 Å². The maximum Gasteiger partial charge on any atom is 0.144 e. The number of hydrogen-bond donors (Lipinski definition) is 1. The number of aryl methyl sites for hydroxylation is 1. The summed E-state index contributed by atoms with van der Waals surface area (Å²) in [6.45, 7) is 4.32. The number of aromatic nitrogens is 2. The van der Waals surface area contributed by atoms with Crippen LogP contribution in [0.15, 0.2) is 42.5 Å². The Kier molecular flexibility index (Phi) is 6.01.